The van der Waals surface area contributed by atoms with E-state index in [0.29, 0.717) is 16.2 Å². The van der Waals surface area contributed by atoms with Crippen molar-refractivity contribution in [3.8, 4) is 11.4 Å². The molecule has 1 N–H and O–H groups in total. The lowest BCUT2D eigenvalue weighted by Crippen LogP contribution is -2.21. The van der Waals surface area contributed by atoms with Crippen LogP contribution in [-0.4, -0.2) is 20.1 Å². The number of aromatic hydroxyl groups is 1. The number of fused-ring (bicyclic) bond motifs is 1. The number of aromatic nitrogens is 3. The molecule has 0 amide bonds. The average molecular weight is 386 g/mol. The molecule has 0 bridgehead atoms. The van der Waals surface area contributed by atoms with Gasteiger partial charge in [0.25, 0.3) is 0 Å². The molecule has 0 aliphatic heterocycles. The van der Waals surface area contributed by atoms with E-state index < -0.39 is 0 Å². The molecule has 3 aromatic rings. The Morgan fingerprint density at radius 2 is 1.56 bits per heavy atom. The van der Waals surface area contributed by atoms with Crippen LogP contribution in [-0.2, 0) is 10.8 Å². The molecule has 0 fully saturated rings. The zero-order valence-corrected chi connectivity index (χ0v) is 17.7. The minimum atomic E-state index is -0.158. The van der Waals surface area contributed by atoms with Gasteiger partial charge in [-0.25, -0.2) is 0 Å². The zero-order chi connectivity index (χ0) is 20.0. The lowest BCUT2D eigenvalue weighted by Gasteiger charge is -2.30. The average Bonchev–Trinajstić information content (AvgIpc) is 3.04. The SMILES string of the molecule is CCC(C)(C)c1cc(-n2nc3ccc(Cl)cc3n2)c(O)c(C(C)(C)CC)c1. The number of halogens is 1. The van der Waals surface area contributed by atoms with Crippen LogP contribution in [0.3, 0.4) is 0 Å². The Balaban J connectivity index is 2.29. The minimum absolute atomic E-state index is 0.0170. The lowest BCUT2D eigenvalue weighted by atomic mass is 9.76. The number of hydrogen-bond acceptors (Lipinski definition) is 3. The smallest absolute Gasteiger partial charge is 0.146 e. The zero-order valence-electron chi connectivity index (χ0n) is 17.0. The molecule has 0 aliphatic carbocycles. The summed E-state index contributed by atoms with van der Waals surface area (Å²) in [5.41, 5.74) is 3.99. The Morgan fingerprint density at radius 1 is 0.926 bits per heavy atom. The third-order valence-electron chi connectivity index (χ3n) is 5.93. The van der Waals surface area contributed by atoms with E-state index in [1.807, 2.05) is 12.1 Å². The molecule has 1 aromatic heterocycles. The van der Waals surface area contributed by atoms with E-state index in [9.17, 15) is 5.11 Å². The van der Waals surface area contributed by atoms with Crippen LogP contribution in [0.1, 0.15) is 65.5 Å². The number of rotatable bonds is 5. The van der Waals surface area contributed by atoms with Crippen molar-refractivity contribution < 1.29 is 5.11 Å². The number of phenols is 1. The first-order chi connectivity index (χ1) is 12.6. The van der Waals surface area contributed by atoms with Crippen LogP contribution in [0.4, 0.5) is 0 Å². The van der Waals surface area contributed by atoms with Crippen molar-refractivity contribution in [2.45, 2.75) is 65.2 Å². The van der Waals surface area contributed by atoms with E-state index in [-0.39, 0.29) is 16.6 Å². The molecule has 0 radical (unpaired) electrons. The Hall–Kier alpha value is -2.07. The van der Waals surface area contributed by atoms with E-state index in [1.54, 1.807) is 12.1 Å². The van der Waals surface area contributed by atoms with Crippen molar-refractivity contribution in [3.05, 3.63) is 46.5 Å². The van der Waals surface area contributed by atoms with Gasteiger partial charge in [-0.05, 0) is 53.5 Å². The van der Waals surface area contributed by atoms with Crippen molar-refractivity contribution in [2.24, 2.45) is 0 Å². The predicted molar refractivity (Wildman–Crippen MR) is 112 cm³/mol. The monoisotopic (exact) mass is 385 g/mol. The highest BCUT2D eigenvalue weighted by atomic mass is 35.5. The molecular weight excluding hydrogens is 358 g/mol. The molecule has 0 aliphatic rings. The van der Waals surface area contributed by atoms with Crippen molar-refractivity contribution in [2.75, 3.05) is 0 Å². The Morgan fingerprint density at radius 3 is 2.19 bits per heavy atom. The summed E-state index contributed by atoms with van der Waals surface area (Å²) in [4.78, 5) is 1.53. The van der Waals surface area contributed by atoms with Crippen LogP contribution >= 0.6 is 11.6 Å². The summed E-state index contributed by atoms with van der Waals surface area (Å²) in [5.74, 6) is 0.240. The molecule has 0 atom stereocenters. The van der Waals surface area contributed by atoms with Crippen LogP contribution in [0, 0.1) is 0 Å². The highest BCUT2D eigenvalue weighted by molar-refractivity contribution is 6.31. The maximum atomic E-state index is 11.1. The Bertz CT molecular complexity index is 989. The second kappa shape index (κ2) is 6.83. The molecule has 0 unspecified atom stereocenters. The molecule has 0 spiro atoms. The van der Waals surface area contributed by atoms with Crippen molar-refractivity contribution >= 4 is 22.6 Å². The molecule has 2 aromatic carbocycles. The van der Waals surface area contributed by atoms with E-state index >= 15 is 0 Å². The fourth-order valence-electron chi connectivity index (χ4n) is 3.07. The fraction of sp³-hybridized carbons (Fsp3) is 0.455. The first-order valence-corrected chi connectivity index (χ1v) is 9.88. The Kier molecular flexibility index (Phi) is 4.98. The van der Waals surface area contributed by atoms with Gasteiger partial charge in [-0.15, -0.1) is 15.0 Å². The van der Waals surface area contributed by atoms with Crippen LogP contribution < -0.4 is 0 Å². The fourth-order valence-corrected chi connectivity index (χ4v) is 3.23. The Labute approximate surface area is 166 Å². The molecule has 0 saturated heterocycles. The molecular formula is C22H28ClN3O. The molecule has 144 valence electrons. The van der Waals surface area contributed by atoms with E-state index in [2.05, 4.69) is 57.8 Å². The van der Waals surface area contributed by atoms with Gasteiger partial charge < -0.3 is 5.11 Å². The first kappa shape index (κ1) is 19.7. The highest BCUT2D eigenvalue weighted by Gasteiger charge is 2.29. The van der Waals surface area contributed by atoms with Gasteiger partial charge in [0.1, 0.15) is 22.5 Å². The molecule has 3 rings (SSSR count). The van der Waals surface area contributed by atoms with Crippen LogP contribution in [0.15, 0.2) is 30.3 Å². The maximum Gasteiger partial charge on any atom is 0.146 e. The van der Waals surface area contributed by atoms with Crippen molar-refractivity contribution in [1.29, 1.82) is 0 Å². The van der Waals surface area contributed by atoms with Gasteiger partial charge in [-0.1, -0.05) is 59.2 Å². The number of nitrogens with zero attached hydrogens (tertiary/aromatic N) is 3. The first-order valence-electron chi connectivity index (χ1n) is 9.50. The summed E-state index contributed by atoms with van der Waals surface area (Å²) in [6, 6.07) is 9.58. The van der Waals surface area contributed by atoms with Crippen LogP contribution in [0.5, 0.6) is 5.75 Å². The largest absolute Gasteiger partial charge is 0.505 e. The van der Waals surface area contributed by atoms with Crippen LogP contribution in [0.25, 0.3) is 16.7 Å². The summed E-state index contributed by atoms with van der Waals surface area (Å²) in [5, 5.41) is 20.9. The molecule has 27 heavy (non-hydrogen) atoms. The maximum absolute atomic E-state index is 11.1. The molecule has 5 heteroatoms. The third kappa shape index (κ3) is 3.55. The van der Waals surface area contributed by atoms with Gasteiger partial charge in [0, 0.05) is 10.6 Å². The topological polar surface area (TPSA) is 50.9 Å². The molecule has 0 saturated carbocycles. The van der Waals surface area contributed by atoms with E-state index in [1.165, 1.54) is 10.4 Å². The summed E-state index contributed by atoms with van der Waals surface area (Å²) < 4.78 is 0. The number of hydrogen-bond donors (Lipinski definition) is 1. The van der Waals surface area contributed by atoms with Gasteiger partial charge in [-0.3, -0.25) is 0 Å². The van der Waals surface area contributed by atoms with Gasteiger partial charge >= 0.3 is 0 Å². The van der Waals surface area contributed by atoms with Gasteiger partial charge in [-0.2, -0.15) is 0 Å². The molecule has 4 nitrogen and oxygen atoms in total. The van der Waals surface area contributed by atoms with Crippen molar-refractivity contribution in [1.82, 2.24) is 15.0 Å². The van der Waals surface area contributed by atoms with Gasteiger partial charge in [0.2, 0.25) is 0 Å². The second-order valence-electron chi connectivity index (χ2n) is 8.49. The van der Waals surface area contributed by atoms with E-state index in [0.717, 1.165) is 23.9 Å². The summed E-state index contributed by atoms with van der Waals surface area (Å²) in [7, 11) is 0. The summed E-state index contributed by atoms with van der Waals surface area (Å²) in [6.45, 7) is 13.1. The van der Waals surface area contributed by atoms with Gasteiger partial charge in [0.15, 0.2) is 0 Å². The highest BCUT2D eigenvalue weighted by Crippen LogP contribution is 2.41. The number of phenolic OH excluding ortho intramolecular Hbond substituents is 1. The minimum Gasteiger partial charge on any atom is -0.505 e. The quantitative estimate of drug-likeness (QED) is 0.572. The standard InChI is InChI=1S/C22H28ClN3O/c1-7-21(3,4)14-11-16(22(5,6)8-2)20(27)19(12-14)26-24-17-10-9-15(23)13-18(17)25-26/h9-13,27H,7-8H2,1-6H3. The normalized spacial score (nSPS) is 12.7. The second-order valence-corrected chi connectivity index (χ2v) is 8.93. The summed E-state index contributed by atoms with van der Waals surface area (Å²) >= 11 is 6.09. The van der Waals surface area contributed by atoms with Crippen molar-refractivity contribution in [3.63, 3.8) is 0 Å². The number of benzene rings is 2. The lowest BCUT2D eigenvalue weighted by molar-refractivity contribution is 0.420. The molecule has 1 heterocycles. The third-order valence-corrected chi connectivity index (χ3v) is 6.16. The van der Waals surface area contributed by atoms with E-state index in [4.69, 9.17) is 11.6 Å². The summed E-state index contributed by atoms with van der Waals surface area (Å²) in [6.07, 6.45) is 1.91. The van der Waals surface area contributed by atoms with Gasteiger partial charge in [0.05, 0.1) is 0 Å². The predicted octanol–water partition coefficient (Wildman–Crippen LogP) is 6.15. The van der Waals surface area contributed by atoms with Crippen LogP contribution in [0.2, 0.25) is 5.02 Å².